The predicted octanol–water partition coefficient (Wildman–Crippen LogP) is 1.83. The van der Waals surface area contributed by atoms with Gasteiger partial charge in [0.1, 0.15) is 5.54 Å². The fraction of sp³-hybridized carbons (Fsp3) is 0.800. The number of likely N-dealkylation sites (N-methyl/N-ethyl adjacent to an activating group) is 1. The number of amides is 2. The molecule has 2 amide bonds. The molecule has 0 bridgehead atoms. The third-order valence-electron chi connectivity index (χ3n) is 2.44. The maximum atomic E-state index is 11.9. The number of carboxylic acid groups (broad SMARTS) is 1. The van der Waals surface area contributed by atoms with E-state index in [1.54, 1.807) is 6.92 Å². The second kappa shape index (κ2) is 5.92. The summed E-state index contributed by atoms with van der Waals surface area (Å²) in [6.07, 6.45) is -5.50. The minimum Gasteiger partial charge on any atom is -0.480 e. The summed E-state index contributed by atoms with van der Waals surface area (Å²) in [4.78, 5) is 23.5. The van der Waals surface area contributed by atoms with Gasteiger partial charge in [-0.2, -0.15) is 13.2 Å². The normalized spacial score (nSPS) is 12.1. The zero-order chi connectivity index (χ0) is 14.6. The third-order valence-corrected chi connectivity index (χ3v) is 2.44. The molecule has 0 aromatic rings. The summed E-state index contributed by atoms with van der Waals surface area (Å²) >= 11 is 0. The smallest absolute Gasteiger partial charge is 0.390 e. The van der Waals surface area contributed by atoms with E-state index in [4.69, 9.17) is 5.11 Å². The summed E-state index contributed by atoms with van der Waals surface area (Å²) < 4.78 is 35.7. The Morgan fingerprint density at radius 2 is 1.78 bits per heavy atom. The summed E-state index contributed by atoms with van der Waals surface area (Å²) in [5.41, 5.74) is -1.48. The number of rotatable bonds is 5. The van der Waals surface area contributed by atoms with Crippen LogP contribution >= 0.6 is 0 Å². The molecule has 0 heterocycles. The average molecular weight is 270 g/mol. The van der Waals surface area contributed by atoms with Crippen LogP contribution in [0.3, 0.4) is 0 Å². The summed E-state index contributed by atoms with van der Waals surface area (Å²) in [7, 11) is 0. The molecule has 5 nitrogen and oxygen atoms in total. The van der Waals surface area contributed by atoms with Gasteiger partial charge >= 0.3 is 18.2 Å². The number of aliphatic carboxylic acids is 1. The molecule has 106 valence electrons. The fourth-order valence-corrected chi connectivity index (χ4v) is 1.31. The van der Waals surface area contributed by atoms with Crippen LogP contribution in [-0.4, -0.2) is 46.8 Å². The van der Waals surface area contributed by atoms with Crippen molar-refractivity contribution in [3.63, 3.8) is 0 Å². The number of carbonyl (C=O) groups is 2. The van der Waals surface area contributed by atoms with Crippen molar-refractivity contribution < 1.29 is 27.9 Å². The minimum atomic E-state index is -4.35. The zero-order valence-electron chi connectivity index (χ0n) is 10.5. The second-order valence-electron chi connectivity index (χ2n) is 4.21. The number of hydrogen-bond donors (Lipinski definition) is 2. The molecular formula is C10H17F3N2O3. The Morgan fingerprint density at radius 1 is 1.28 bits per heavy atom. The van der Waals surface area contributed by atoms with E-state index in [1.807, 2.05) is 0 Å². The first kappa shape index (κ1) is 16.5. The van der Waals surface area contributed by atoms with Gasteiger partial charge in [0.2, 0.25) is 0 Å². The van der Waals surface area contributed by atoms with Gasteiger partial charge in [0, 0.05) is 13.1 Å². The van der Waals surface area contributed by atoms with E-state index in [1.165, 1.54) is 13.8 Å². The van der Waals surface area contributed by atoms with Gasteiger partial charge in [0.15, 0.2) is 0 Å². The molecule has 2 N–H and O–H groups in total. The van der Waals surface area contributed by atoms with Gasteiger partial charge in [-0.1, -0.05) is 0 Å². The highest BCUT2D eigenvalue weighted by Crippen LogP contribution is 2.19. The number of alkyl halides is 3. The van der Waals surface area contributed by atoms with Crippen LogP contribution in [0.1, 0.15) is 27.2 Å². The lowest BCUT2D eigenvalue weighted by molar-refractivity contribution is -0.147. The maximum Gasteiger partial charge on any atom is 0.390 e. The van der Waals surface area contributed by atoms with Crippen molar-refractivity contribution in [3.05, 3.63) is 0 Å². The molecule has 0 saturated heterocycles. The minimum absolute atomic E-state index is 0.0805. The Labute approximate surface area is 103 Å². The molecule has 0 spiro atoms. The molecule has 0 unspecified atom stereocenters. The van der Waals surface area contributed by atoms with Gasteiger partial charge < -0.3 is 15.3 Å². The van der Waals surface area contributed by atoms with Crippen molar-refractivity contribution in [2.45, 2.75) is 38.9 Å². The molecule has 0 aliphatic rings. The van der Waals surface area contributed by atoms with Gasteiger partial charge in [-0.25, -0.2) is 9.59 Å². The van der Waals surface area contributed by atoms with Crippen molar-refractivity contribution in [2.24, 2.45) is 0 Å². The molecule has 0 radical (unpaired) electrons. The second-order valence-corrected chi connectivity index (χ2v) is 4.21. The molecule has 0 fully saturated rings. The number of nitrogens with one attached hydrogen (secondary N) is 1. The van der Waals surface area contributed by atoms with Crippen LogP contribution in [-0.2, 0) is 4.79 Å². The van der Waals surface area contributed by atoms with Gasteiger partial charge in [-0.05, 0) is 20.8 Å². The molecule has 0 saturated carbocycles. The van der Waals surface area contributed by atoms with Gasteiger partial charge in [-0.15, -0.1) is 0 Å². The lowest BCUT2D eigenvalue weighted by atomic mass is 10.0. The number of nitrogens with zero attached hydrogens (tertiary/aromatic N) is 1. The van der Waals surface area contributed by atoms with Crippen LogP contribution in [0.5, 0.6) is 0 Å². The monoisotopic (exact) mass is 270 g/mol. The predicted molar refractivity (Wildman–Crippen MR) is 58.2 cm³/mol. The van der Waals surface area contributed by atoms with E-state index in [9.17, 15) is 22.8 Å². The highest BCUT2D eigenvalue weighted by atomic mass is 19.4. The summed E-state index contributed by atoms with van der Waals surface area (Å²) in [5, 5.41) is 11.0. The molecule has 0 atom stereocenters. The standard InChI is InChI=1S/C10H17F3N2O3/c1-4-15(9(2,3)7(16)17)8(18)14-6-5-10(11,12)13/h4-6H2,1-3H3,(H,14,18)(H,16,17). The van der Waals surface area contributed by atoms with Crippen LogP contribution in [0.2, 0.25) is 0 Å². The van der Waals surface area contributed by atoms with Crippen LogP contribution in [0.15, 0.2) is 0 Å². The van der Waals surface area contributed by atoms with Crippen LogP contribution in [0.25, 0.3) is 0 Å². The Bertz CT molecular complexity index is 316. The molecule has 18 heavy (non-hydrogen) atoms. The molecule has 8 heteroatoms. The number of halogens is 3. The van der Waals surface area contributed by atoms with Crippen molar-refractivity contribution in [1.82, 2.24) is 10.2 Å². The fourth-order valence-electron chi connectivity index (χ4n) is 1.31. The number of hydrogen-bond acceptors (Lipinski definition) is 2. The molecule has 0 aromatic heterocycles. The Kier molecular flexibility index (Phi) is 5.44. The van der Waals surface area contributed by atoms with Gasteiger partial charge in [-0.3, -0.25) is 0 Å². The lowest BCUT2D eigenvalue weighted by Crippen LogP contribution is -2.56. The summed E-state index contributed by atoms with van der Waals surface area (Å²) in [5.74, 6) is -1.23. The van der Waals surface area contributed by atoms with Crippen molar-refractivity contribution >= 4 is 12.0 Å². The van der Waals surface area contributed by atoms with Crippen molar-refractivity contribution in [1.29, 1.82) is 0 Å². The number of urea groups is 1. The van der Waals surface area contributed by atoms with E-state index in [2.05, 4.69) is 5.32 Å². The first-order valence-electron chi connectivity index (χ1n) is 5.38. The Morgan fingerprint density at radius 3 is 2.11 bits per heavy atom. The quantitative estimate of drug-likeness (QED) is 0.800. The van der Waals surface area contributed by atoms with E-state index >= 15 is 0 Å². The van der Waals surface area contributed by atoms with Gasteiger partial charge in [0.25, 0.3) is 0 Å². The number of carbonyl (C=O) groups excluding carboxylic acids is 1. The van der Waals surface area contributed by atoms with E-state index in [-0.39, 0.29) is 6.54 Å². The Balaban J connectivity index is 4.51. The van der Waals surface area contributed by atoms with Crippen molar-refractivity contribution in [2.75, 3.05) is 13.1 Å². The molecule has 0 aliphatic heterocycles. The van der Waals surface area contributed by atoms with E-state index < -0.39 is 36.7 Å². The van der Waals surface area contributed by atoms with Crippen LogP contribution in [0, 0.1) is 0 Å². The molecule has 0 aliphatic carbocycles. The highest BCUT2D eigenvalue weighted by molar-refractivity contribution is 5.85. The first-order valence-corrected chi connectivity index (χ1v) is 5.38. The lowest BCUT2D eigenvalue weighted by Gasteiger charge is -2.34. The highest BCUT2D eigenvalue weighted by Gasteiger charge is 2.37. The third kappa shape index (κ3) is 4.80. The van der Waals surface area contributed by atoms with Crippen LogP contribution in [0.4, 0.5) is 18.0 Å². The van der Waals surface area contributed by atoms with Crippen molar-refractivity contribution in [3.8, 4) is 0 Å². The first-order chi connectivity index (χ1) is 8.02. The molecular weight excluding hydrogens is 253 g/mol. The molecule has 0 rings (SSSR count). The van der Waals surface area contributed by atoms with Crippen LogP contribution < -0.4 is 5.32 Å². The topological polar surface area (TPSA) is 69.6 Å². The Hall–Kier alpha value is -1.47. The number of carboxylic acids is 1. The molecule has 0 aromatic carbocycles. The zero-order valence-corrected chi connectivity index (χ0v) is 10.5. The average Bonchev–Trinajstić information content (AvgIpc) is 2.15. The summed E-state index contributed by atoms with van der Waals surface area (Å²) in [6.45, 7) is 3.67. The maximum absolute atomic E-state index is 11.9. The largest absolute Gasteiger partial charge is 0.480 e. The van der Waals surface area contributed by atoms with E-state index in [0.717, 1.165) is 4.90 Å². The van der Waals surface area contributed by atoms with E-state index in [0.29, 0.717) is 0 Å². The summed E-state index contributed by atoms with van der Waals surface area (Å²) in [6, 6.07) is -0.825. The van der Waals surface area contributed by atoms with Gasteiger partial charge in [0.05, 0.1) is 6.42 Å². The SMILES string of the molecule is CCN(C(=O)NCCC(F)(F)F)C(C)(C)C(=O)O.